The first-order valence-electron chi connectivity index (χ1n) is 19.8. The van der Waals surface area contributed by atoms with Crippen molar-refractivity contribution in [1.82, 2.24) is 24.3 Å². The van der Waals surface area contributed by atoms with Gasteiger partial charge in [-0.1, -0.05) is 176 Å². The number of imidazole rings is 1. The van der Waals surface area contributed by atoms with E-state index in [0.29, 0.717) is 5.82 Å². The first kappa shape index (κ1) is 34.2. The fraction of sp³-hybridized carbons (Fsp3) is 0. The Morgan fingerprint density at radius 3 is 1.53 bits per heavy atom. The second kappa shape index (κ2) is 14.5. The van der Waals surface area contributed by atoms with Gasteiger partial charge < -0.3 is 0 Å². The molecule has 4 heterocycles. The van der Waals surface area contributed by atoms with Crippen LogP contribution in [0.25, 0.3) is 106 Å². The van der Waals surface area contributed by atoms with Crippen molar-refractivity contribution < 1.29 is 0 Å². The summed E-state index contributed by atoms with van der Waals surface area (Å²) in [6, 6.07) is 71.5. The van der Waals surface area contributed by atoms with Gasteiger partial charge in [0.1, 0.15) is 5.65 Å². The predicted octanol–water partition coefficient (Wildman–Crippen LogP) is 13.5. The van der Waals surface area contributed by atoms with E-state index in [2.05, 4.69) is 174 Å². The zero-order valence-electron chi connectivity index (χ0n) is 31.9. The maximum Gasteiger partial charge on any atom is 0.160 e. The highest BCUT2D eigenvalue weighted by atomic mass is 15.0. The molecule has 0 bridgehead atoms. The summed E-state index contributed by atoms with van der Waals surface area (Å²) in [7, 11) is 0. The topological polar surface area (TPSA) is 56.0 Å². The zero-order chi connectivity index (χ0) is 39.1. The number of nitrogens with zero attached hydrogens (tertiary/aromatic N) is 5. The Morgan fingerprint density at radius 1 is 0.322 bits per heavy atom. The second-order valence-corrected chi connectivity index (χ2v) is 14.7. The third-order valence-electron chi connectivity index (χ3n) is 11.0. The van der Waals surface area contributed by atoms with Crippen molar-refractivity contribution in [3.05, 3.63) is 212 Å². The first-order valence-corrected chi connectivity index (χ1v) is 19.8. The van der Waals surface area contributed by atoms with Gasteiger partial charge in [-0.2, -0.15) is 0 Å². The lowest BCUT2D eigenvalue weighted by Crippen LogP contribution is -1.97. The normalized spacial score (nSPS) is 11.4. The van der Waals surface area contributed by atoms with E-state index in [1.54, 1.807) is 0 Å². The highest BCUT2D eigenvalue weighted by molar-refractivity contribution is 6.18. The quantitative estimate of drug-likeness (QED) is 0.152. The number of pyridine rings is 2. The molecule has 0 spiro atoms. The minimum atomic E-state index is 0.676. The number of rotatable bonds is 7. The van der Waals surface area contributed by atoms with E-state index in [0.717, 1.165) is 94.7 Å². The Morgan fingerprint density at radius 2 is 0.864 bits per heavy atom. The van der Waals surface area contributed by atoms with Crippen LogP contribution in [0.1, 0.15) is 0 Å². The summed E-state index contributed by atoms with van der Waals surface area (Å²) in [6.45, 7) is 0. The average molecular weight is 754 g/mol. The minimum Gasteiger partial charge on any atom is -0.298 e. The molecule has 0 N–H and O–H groups in total. The highest BCUT2D eigenvalue weighted by Gasteiger charge is 2.22. The van der Waals surface area contributed by atoms with E-state index in [-0.39, 0.29) is 0 Å². The van der Waals surface area contributed by atoms with Gasteiger partial charge in [0.15, 0.2) is 5.82 Å². The summed E-state index contributed by atoms with van der Waals surface area (Å²) in [6.07, 6.45) is 2.16. The van der Waals surface area contributed by atoms with Crippen molar-refractivity contribution in [3.63, 3.8) is 0 Å². The van der Waals surface area contributed by atoms with Crippen LogP contribution in [0, 0.1) is 0 Å². The van der Waals surface area contributed by atoms with Gasteiger partial charge in [-0.15, -0.1) is 0 Å². The first-order chi connectivity index (χ1) is 29.2. The van der Waals surface area contributed by atoms with E-state index >= 15 is 0 Å². The van der Waals surface area contributed by atoms with Crippen LogP contribution in [0.15, 0.2) is 212 Å². The van der Waals surface area contributed by atoms with Crippen LogP contribution in [0.3, 0.4) is 0 Å². The molecule has 0 atom stereocenters. The maximum absolute atomic E-state index is 5.59. The van der Waals surface area contributed by atoms with Crippen LogP contribution in [0.4, 0.5) is 0 Å². The molecule has 0 aliphatic heterocycles. The molecule has 5 heteroatoms. The van der Waals surface area contributed by atoms with Gasteiger partial charge >= 0.3 is 0 Å². The molecule has 0 aliphatic rings. The molecule has 11 rings (SSSR count). The number of fused-ring (bicyclic) bond motifs is 5. The number of benzene rings is 7. The molecule has 0 fully saturated rings. The predicted molar refractivity (Wildman–Crippen MR) is 242 cm³/mol. The van der Waals surface area contributed by atoms with Crippen molar-refractivity contribution >= 4 is 27.3 Å². The van der Waals surface area contributed by atoms with E-state index < -0.39 is 0 Å². The van der Waals surface area contributed by atoms with Crippen molar-refractivity contribution in [3.8, 4) is 78.8 Å². The summed E-state index contributed by atoms with van der Waals surface area (Å²) < 4.78 is 2.27. The molecular formula is C54H35N5. The van der Waals surface area contributed by atoms with Crippen molar-refractivity contribution in [1.29, 1.82) is 0 Å². The molecule has 0 aliphatic carbocycles. The molecule has 7 aromatic carbocycles. The number of hydrogen-bond acceptors (Lipinski definition) is 4. The summed E-state index contributed by atoms with van der Waals surface area (Å²) in [5.41, 5.74) is 14.8. The lowest BCUT2D eigenvalue weighted by molar-refractivity contribution is 1.18. The Bertz CT molecular complexity index is 3230. The minimum absolute atomic E-state index is 0.676. The Hall–Kier alpha value is -8.02. The van der Waals surface area contributed by atoms with Crippen molar-refractivity contribution in [2.45, 2.75) is 0 Å². The Kier molecular flexibility index (Phi) is 8.41. The second-order valence-electron chi connectivity index (χ2n) is 14.7. The van der Waals surface area contributed by atoms with Gasteiger partial charge in [-0.05, 0) is 41.5 Å². The van der Waals surface area contributed by atoms with Crippen LogP contribution in [-0.4, -0.2) is 24.3 Å². The molecular weight excluding hydrogens is 719 g/mol. The average Bonchev–Trinajstić information content (AvgIpc) is 3.72. The molecule has 4 aromatic heterocycles. The molecule has 0 saturated heterocycles. The van der Waals surface area contributed by atoms with Crippen LogP contribution < -0.4 is 0 Å². The number of aromatic nitrogens is 5. The highest BCUT2D eigenvalue weighted by Crippen LogP contribution is 2.41. The molecule has 0 saturated carbocycles. The third-order valence-corrected chi connectivity index (χ3v) is 11.0. The molecule has 0 amide bonds. The van der Waals surface area contributed by atoms with Gasteiger partial charge in [-0.3, -0.25) is 4.40 Å². The lowest BCUT2D eigenvalue weighted by Gasteiger charge is -2.14. The van der Waals surface area contributed by atoms with Gasteiger partial charge in [0.05, 0.1) is 34.0 Å². The van der Waals surface area contributed by atoms with E-state index in [9.17, 15) is 0 Å². The molecule has 11 aromatic rings. The molecule has 59 heavy (non-hydrogen) atoms. The fourth-order valence-electron chi connectivity index (χ4n) is 8.18. The van der Waals surface area contributed by atoms with E-state index in [1.807, 2.05) is 42.5 Å². The fourth-order valence-corrected chi connectivity index (χ4v) is 8.18. The van der Waals surface area contributed by atoms with Crippen LogP contribution in [-0.2, 0) is 0 Å². The van der Waals surface area contributed by atoms with Crippen LogP contribution in [0.5, 0.6) is 0 Å². The van der Waals surface area contributed by atoms with Gasteiger partial charge in [0.2, 0.25) is 0 Å². The zero-order valence-corrected chi connectivity index (χ0v) is 31.9. The number of hydrogen-bond donors (Lipinski definition) is 0. The SMILES string of the molecule is c1ccc(-c2cccc(-c3c(-c4ccccc4)nc4c5c(ccn34)c(-c3ccccc3)nc3ccc(-c4cc(-c6ccccc6)nc(-c6ccccc6)n4)cc35)c2)cc1. The summed E-state index contributed by atoms with van der Waals surface area (Å²) in [5, 5.41) is 3.06. The molecule has 0 unspecified atom stereocenters. The summed E-state index contributed by atoms with van der Waals surface area (Å²) in [5.74, 6) is 0.676. The largest absolute Gasteiger partial charge is 0.298 e. The van der Waals surface area contributed by atoms with Crippen LogP contribution in [0.2, 0.25) is 0 Å². The lowest BCUT2D eigenvalue weighted by atomic mass is 9.98. The summed E-state index contributed by atoms with van der Waals surface area (Å²) >= 11 is 0. The van der Waals surface area contributed by atoms with Crippen molar-refractivity contribution in [2.24, 2.45) is 0 Å². The van der Waals surface area contributed by atoms with Gasteiger partial charge in [-0.25, -0.2) is 19.9 Å². The van der Waals surface area contributed by atoms with Crippen LogP contribution >= 0.6 is 0 Å². The molecule has 276 valence electrons. The Balaban J connectivity index is 1.21. The standard InChI is InChI=1S/C54H35N5/c1-6-17-36(18-7-1)41-27-16-28-43(33-41)52-51(39-23-12-4-13-24-39)58-54-49-44(31-32-59(52)54)50(38-21-10-3-11-22-38)55-46-30-29-42(34-45(46)49)48-35-47(37-19-8-2-9-20-37)56-53(57-48)40-25-14-5-15-26-40/h1-35H. The Labute approximate surface area is 341 Å². The molecule has 5 nitrogen and oxygen atoms in total. The molecule has 0 radical (unpaired) electrons. The smallest absolute Gasteiger partial charge is 0.160 e. The van der Waals surface area contributed by atoms with E-state index in [4.69, 9.17) is 19.9 Å². The van der Waals surface area contributed by atoms with Crippen molar-refractivity contribution in [2.75, 3.05) is 0 Å². The third kappa shape index (κ3) is 6.22. The van der Waals surface area contributed by atoms with Gasteiger partial charge in [0, 0.05) is 55.7 Å². The van der Waals surface area contributed by atoms with E-state index in [1.165, 1.54) is 5.56 Å². The summed E-state index contributed by atoms with van der Waals surface area (Å²) in [4.78, 5) is 21.2. The monoisotopic (exact) mass is 753 g/mol. The van der Waals surface area contributed by atoms with Gasteiger partial charge in [0.25, 0.3) is 0 Å². The maximum atomic E-state index is 5.59.